The van der Waals surface area contributed by atoms with Crippen LogP contribution in [0.15, 0.2) is 23.1 Å². The first-order valence-corrected chi connectivity index (χ1v) is 6.14. The van der Waals surface area contributed by atoms with Crippen molar-refractivity contribution in [3.05, 3.63) is 39.3 Å². The molecule has 0 aliphatic rings. The fraction of sp³-hybridized carbons (Fsp3) is 0.273. The van der Waals surface area contributed by atoms with Gasteiger partial charge in [-0.05, 0) is 12.5 Å². The number of pyridine rings is 1. The summed E-state index contributed by atoms with van der Waals surface area (Å²) in [6, 6.07) is 1.61. The van der Waals surface area contributed by atoms with Gasteiger partial charge < -0.3 is 4.98 Å². The number of hydrogen-bond donors (Lipinski definition) is 1. The topological polar surface area (TPSA) is 49.9 Å². The molecule has 0 amide bonds. The normalized spacial score (nSPS) is 10.9. The van der Waals surface area contributed by atoms with E-state index in [0.29, 0.717) is 10.6 Å². The SMILES string of the molecule is CC(=O)SCCC=Cc1cc(Cl)c[nH]c1=O. The van der Waals surface area contributed by atoms with Gasteiger partial charge in [-0.25, -0.2) is 0 Å². The third-order valence-electron chi connectivity index (χ3n) is 1.78. The smallest absolute Gasteiger partial charge is 0.255 e. The highest BCUT2D eigenvalue weighted by atomic mass is 35.5. The number of rotatable bonds is 4. The monoisotopic (exact) mass is 257 g/mol. The Morgan fingerprint density at radius 3 is 3.06 bits per heavy atom. The van der Waals surface area contributed by atoms with Crippen LogP contribution >= 0.6 is 23.4 Å². The Bertz CT molecular complexity index is 454. The average Bonchev–Trinajstić information content (AvgIpc) is 2.22. The number of carbonyl (C=O) groups is 1. The first-order valence-electron chi connectivity index (χ1n) is 4.77. The van der Waals surface area contributed by atoms with Gasteiger partial charge in [0.05, 0.1) is 5.02 Å². The van der Waals surface area contributed by atoms with Crippen LogP contribution in [0, 0.1) is 0 Å². The molecule has 5 heteroatoms. The quantitative estimate of drug-likeness (QED) is 0.844. The number of aromatic nitrogens is 1. The van der Waals surface area contributed by atoms with E-state index in [1.165, 1.54) is 24.9 Å². The molecule has 1 heterocycles. The van der Waals surface area contributed by atoms with E-state index >= 15 is 0 Å². The number of allylic oxidation sites excluding steroid dienone is 1. The molecule has 0 aliphatic carbocycles. The van der Waals surface area contributed by atoms with Gasteiger partial charge in [0.25, 0.3) is 5.56 Å². The molecule has 0 unspecified atom stereocenters. The van der Waals surface area contributed by atoms with Gasteiger partial charge in [0.2, 0.25) is 0 Å². The van der Waals surface area contributed by atoms with Gasteiger partial charge in [0.15, 0.2) is 5.12 Å². The predicted octanol–water partition coefficient (Wildman–Crippen LogP) is 2.71. The Morgan fingerprint density at radius 1 is 1.62 bits per heavy atom. The summed E-state index contributed by atoms with van der Waals surface area (Å²) in [7, 11) is 0. The highest BCUT2D eigenvalue weighted by molar-refractivity contribution is 8.13. The summed E-state index contributed by atoms with van der Waals surface area (Å²) in [4.78, 5) is 24.5. The zero-order valence-corrected chi connectivity index (χ0v) is 10.4. The third-order valence-corrected chi connectivity index (χ3v) is 2.85. The number of thioether (sulfide) groups is 1. The molecule has 0 saturated carbocycles. The molecule has 1 aromatic heterocycles. The van der Waals surface area contributed by atoms with Crippen LogP contribution in [0.4, 0.5) is 0 Å². The molecule has 0 spiro atoms. The van der Waals surface area contributed by atoms with Crippen LogP contribution in [0.1, 0.15) is 18.9 Å². The summed E-state index contributed by atoms with van der Waals surface area (Å²) < 4.78 is 0. The van der Waals surface area contributed by atoms with E-state index < -0.39 is 0 Å². The number of hydrogen-bond acceptors (Lipinski definition) is 3. The summed E-state index contributed by atoms with van der Waals surface area (Å²) in [6.07, 6.45) is 5.77. The molecule has 0 aliphatic heterocycles. The van der Waals surface area contributed by atoms with Crippen LogP contribution < -0.4 is 5.56 Å². The molecule has 1 N–H and O–H groups in total. The van der Waals surface area contributed by atoms with E-state index in [1.54, 1.807) is 12.1 Å². The van der Waals surface area contributed by atoms with Crippen LogP contribution in [0.2, 0.25) is 5.02 Å². The van der Waals surface area contributed by atoms with E-state index in [-0.39, 0.29) is 10.7 Å². The zero-order valence-electron chi connectivity index (χ0n) is 8.83. The molecule has 1 rings (SSSR count). The maximum atomic E-state index is 11.3. The number of halogens is 1. The minimum Gasteiger partial charge on any atom is -0.327 e. The summed E-state index contributed by atoms with van der Waals surface area (Å²) in [5.74, 6) is 0.726. The van der Waals surface area contributed by atoms with Crippen LogP contribution in [0.3, 0.4) is 0 Å². The molecule has 3 nitrogen and oxygen atoms in total. The fourth-order valence-corrected chi connectivity index (χ4v) is 1.79. The molecule has 0 bridgehead atoms. The van der Waals surface area contributed by atoms with Gasteiger partial charge in [-0.1, -0.05) is 35.5 Å². The number of aromatic amines is 1. The molecular weight excluding hydrogens is 246 g/mol. The third kappa shape index (κ3) is 4.68. The average molecular weight is 258 g/mol. The molecule has 0 atom stereocenters. The van der Waals surface area contributed by atoms with Crippen LogP contribution in [-0.2, 0) is 4.79 Å². The van der Waals surface area contributed by atoms with E-state index in [1.807, 2.05) is 6.08 Å². The first-order chi connectivity index (χ1) is 7.59. The number of nitrogens with one attached hydrogen (secondary N) is 1. The van der Waals surface area contributed by atoms with Crippen molar-refractivity contribution < 1.29 is 4.79 Å². The van der Waals surface area contributed by atoms with Gasteiger partial charge in [-0.15, -0.1) is 0 Å². The van der Waals surface area contributed by atoms with Crippen molar-refractivity contribution in [3.8, 4) is 0 Å². The summed E-state index contributed by atoms with van der Waals surface area (Å²) >= 11 is 7.02. The molecule has 86 valence electrons. The second-order valence-corrected chi connectivity index (χ2v) is 4.84. The Kier molecular flexibility index (Phi) is 5.35. The van der Waals surface area contributed by atoms with Crippen molar-refractivity contribution in [2.24, 2.45) is 0 Å². The largest absolute Gasteiger partial charge is 0.327 e. The van der Waals surface area contributed by atoms with Crippen molar-refractivity contribution in [1.82, 2.24) is 4.98 Å². The highest BCUT2D eigenvalue weighted by Crippen LogP contribution is 2.08. The van der Waals surface area contributed by atoms with Gasteiger partial charge in [0.1, 0.15) is 0 Å². The number of H-pyrrole nitrogens is 1. The summed E-state index contributed by atoms with van der Waals surface area (Å²) in [6.45, 7) is 1.54. The first kappa shape index (κ1) is 13.1. The summed E-state index contributed by atoms with van der Waals surface area (Å²) in [5.41, 5.74) is 0.361. The van der Waals surface area contributed by atoms with Gasteiger partial charge in [-0.2, -0.15) is 0 Å². The van der Waals surface area contributed by atoms with Gasteiger partial charge >= 0.3 is 0 Å². The van der Waals surface area contributed by atoms with Crippen LogP contribution in [0.25, 0.3) is 6.08 Å². The Hall–Kier alpha value is -1.00. The van der Waals surface area contributed by atoms with Crippen molar-refractivity contribution in [2.45, 2.75) is 13.3 Å². The lowest BCUT2D eigenvalue weighted by molar-refractivity contribution is -0.109. The number of carbonyl (C=O) groups excluding carboxylic acids is 1. The van der Waals surface area contributed by atoms with E-state index in [0.717, 1.165) is 12.2 Å². The Balaban J connectivity index is 2.53. The minimum atomic E-state index is -0.167. The van der Waals surface area contributed by atoms with Gasteiger partial charge in [-0.3, -0.25) is 9.59 Å². The van der Waals surface area contributed by atoms with Gasteiger partial charge in [0, 0.05) is 24.4 Å². The molecule has 0 aromatic carbocycles. The molecular formula is C11H12ClNO2S. The van der Waals surface area contributed by atoms with Crippen molar-refractivity contribution in [2.75, 3.05) is 5.75 Å². The lowest BCUT2D eigenvalue weighted by Gasteiger charge is -1.94. The molecule has 0 fully saturated rings. The second kappa shape index (κ2) is 6.55. The molecule has 0 radical (unpaired) electrons. The zero-order chi connectivity index (χ0) is 12.0. The maximum Gasteiger partial charge on any atom is 0.255 e. The Morgan fingerprint density at radius 2 is 2.38 bits per heavy atom. The lowest BCUT2D eigenvalue weighted by atomic mass is 10.2. The highest BCUT2D eigenvalue weighted by Gasteiger charge is 1.96. The predicted molar refractivity (Wildman–Crippen MR) is 68.9 cm³/mol. The van der Waals surface area contributed by atoms with Crippen molar-refractivity contribution in [3.63, 3.8) is 0 Å². The lowest BCUT2D eigenvalue weighted by Crippen LogP contribution is -2.07. The molecule has 16 heavy (non-hydrogen) atoms. The van der Waals surface area contributed by atoms with Crippen molar-refractivity contribution in [1.29, 1.82) is 0 Å². The van der Waals surface area contributed by atoms with E-state index in [9.17, 15) is 9.59 Å². The van der Waals surface area contributed by atoms with Crippen LogP contribution in [-0.4, -0.2) is 15.9 Å². The van der Waals surface area contributed by atoms with E-state index in [4.69, 9.17) is 11.6 Å². The molecule has 1 aromatic rings. The van der Waals surface area contributed by atoms with E-state index in [2.05, 4.69) is 4.98 Å². The molecule has 0 saturated heterocycles. The standard InChI is InChI=1S/C11H12ClNO2S/c1-8(14)16-5-3-2-4-9-6-10(12)7-13-11(9)15/h2,4,6-7H,3,5H2,1H3,(H,13,15). The Labute approximate surface area is 103 Å². The van der Waals surface area contributed by atoms with Crippen molar-refractivity contribution >= 4 is 34.6 Å². The maximum absolute atomic E-state index is 11.3. The van der Waals surface area contributed by atoms with Crippen LogP contribution in [0.5, 0.6) is 0 Å². The summed E-state index contributed by atoms with van der Waals surface area (Å²) in [5, 5.41) is 0.603. The second-order valence-electron chi connectivity index (χ2n) is 3.13. The minimum absolute atomic E-state index is 0.106. The fourth-order valence-electron chi connectivity index (χ4n) is 1.08.